The first-order valence-corrected chi connectivity index (χ1v) is 9.23. The quantitative estimate of drug-likeness (QED) is 0.662. The van der Waals surface area contributed by atoms with E-state index in [1.807, 2.05) is 37.8 Å². The van der Waals surface area contributed by atoms with Crippen LogP contribution in [0.25, 0.3) is 0 Å². The van der Waals surface area contributed by atoms with Gasteiger partial charge in [0.15, 0.2) is 5.96 Å². The van der Waals surface area contributed by atoms with Crippen molar-refractivity contribution in [2.75, 3.05) is 33.8 Å². The molecule has 0 aliphatic carbocycles. The van der Waals surface area contributed by atoms with Crippen LogP contribution in [-0.2, 0) is 4.74 Å². The van der Waals surface area contributed by atoms with E-state index in [4.69, 9.17) is 4.74 Å². The number of hydrogen-bond donors (Lipinski definition) is 1. The molecule has 1 aliphatic heterocycles. The first-order chi connectivity index (χ1) is 12.7. The first kappa shape index (κ1) is 18.5. The number of aliphatic imine (C=N–C) groups is 1. The first-order valence-electron chi connectivity index (χ1n) is 9.23. The zero-order valence-corrected chi connectivity index (χ0v) is 15.9. The molecule has 26 heavy (non-hydrogen) atoms. The number of likely N-dealkylation sites (tertiary alicyclic amines) is 1. The summed E-state index contributed by atoms with van der Waals surface area (Å²) >= 11 is 0. The van der Waals surface area contributed by atoms with Crippen LogP contribution in [0.2, 0.25) is 0 Å². The largest absolute Gasteiger partial charge is 0.375 e. The van der Waals surface area contributed by atoms with Gasteiger partial charge in [-0.1, -0.05) is 37.3 Å². The Morgan fingerprint density at radius 1 is 1.38 bits per heavy atom. The van der Waals surface area contributed by atoms with Crippen molar-refractivity contribution >= 4 is 5.96 Å². The van der Waals surface area contributed by atoms with Gasteiger partial charge in [-0.3, -0.25) is 4.99 Å². The number of piperidine rings is 1. The molecule has 6 nitrogen and oxygen atoms in total. The number of nitrogens with one attached hydrogen (secondary N) is 1. The van der Waals surface area contributed by atoms with Crippen molar-refractivity contribution in [1.29, 1.82) is 0 Å². The van der Waals surface area contributed by atoms with Gasteiger partial charge < -0.3 is 19.5 Å². The van der Waals surface area contributed by atoms with E-state index in [0.717, 1.165) is 25.5 Å². The van der Waals surface area contributed by atoms with Crippen molar-refractivity contribution in [2.24, 2.45) is 10.9 Å². The maximum atomic E-state index is 5.67. The van der Waals surface area contributed by atoms with Gasteiger partial charge in [-0.2, -0.15) is 0 Å². The summed E-state index contributed by atoms with van der Waals surface area (Å²) in [5, 5.41) is 3.50. The van der Waals surface area contributed by atoms with E-state index < -0.39 is 0 Å². The molecule has 3 atom stereocenters. The van der Waals surface area contributed by atoms with E-state index in [1.165, 1.54) is 5.56 Å². The Morgan fingerprint density at radius 3 is 2.85 bits per heavy atom. The maximum Gasteiger partial charge on any atom is 0.193 e. The van der Waals surface area contributed by atoms with E-state index in [-0.39, 0.29) is 6.10 Å². The molecule has 1 fully saturated rings. The lowest BCUT2D eigenvalue weighted by Gasteiger charge is -2.39. The third-order valence-corrected chi connectivity index (χ3v) is 5.24. The highest BCUT2D eigenvalue weighted by Crippen LogP contribution is 2.27. The number of methoxy groups -OCH3 is 1. The molecule has 1 aromatic carbocycles. The predicted octanol–water partition coefficient (Wildman–Crippen LogP) is 2.73. The summed E-state index contributed by atoms with van der Waals surface area (Å²) in [5.41, 5.74) is 1.17. The Kier molecular flexibility index (Phi) is 6.28. The van der Waals surface area contributed by atoms with Crippen LogP contribution >= 0.6 is 0 Å². The minimum Gasteiger partial charge on any atom is -0.375 e. The lowest BCUT2D eigenvalue weighted by molar-refractivity contribution is 0.105. The smallest absolute Gasteiger partial charge is 0.193 e. The van der Waals surface area contributed by atoms with E-state index in [9.17, 15) is 0 Å². The molecule has 2 heterocycles. The average molecular weight is 355 g/mol. The Bertz CT molecular complexity index is 685. The average Bonchev–Trinajstić information content (AvgIpc) is 3.21. The summed E-state index contributed by atoms with van der Waals surface area (Å²) in [5.74, 6) is 1.55. The van der Waals surface area contributed by atoms with Crippen LogP contribution in [0.3, 0.4) is 0 Å². The molecule has 0 amide bonds. The molecule has 0 saturated carbocycles. The second kappa shape index (κ2) is 8.85. The number of rotatable bonds is 5. The van der Waals surface area contributed by atoms with Gasteiger partial charge in [0.25, 0.3) is 0 Å². The van der Waals surface area contributed by atoms with Crippen LogP contribution in [0.15, 0.2) is 54.0 Å². The normalized spacial score (nSPS) is 22.3. The van der Waals surface area contributed by atoms with Crippen LogP contribution in [-0.4, -0.2) is 54.2 Å². The number of aromatic nitrogens is 2. The number of benzene rings is 1. The van der Waals surface area contributed by atoms with Gasteiger partial charge in [0.05, 0.1) is 18.5 Å². The molecule has 0 spiro atoms. The molecule has 6 heteroatoms. The van der Waals surface area contributed by atoms with Crippen LogP contribution in [0, 0.1) is 5.92 Å². The van der Waals surface area contributed by atoms with Gasteiger partial charge in [-0.25, -0.2) is 4.98 Å². The van der Waals surface area contributed by atoms with Gasteiger partial charge >= 0.3 is 0 Å². The van der Waals surface area contributed by atoms with E-state index in [2.05, 4.69) is 50.0 Å². The fraction of sp³-hybridized carbons (Fsp3) is 0.500. The molecule has 3 unspecified atom stereocenters. The minimum atomic E-state index is 0.00103. The van der Waals surface area contributed by atoms with E-state index in [0.29, 0.717) is 18.5 Å². The van der Waals surface area contributed by atoms with Gasteiger partial charge in [-0.05, 0) is 17.9 Å². The SMILES string of the molecule is CN=C(NCC(OC)c1ccccc1)N1CCC(C)C(n2ccnc2)C1. The highest BCUT2D eigenvalue weighted by molar-refractivity contribution is 5.80. The Hall–Kier alpha value is -2.34. The molecule has 3 rings (SSSR count). The molecule has 0 bridgehead atoms. The number of guanidine groups is 1. The van der Waals surface area contributed by atoms with Crippen LogP contribution in [0.1, 0.15) is 31.1 Å². The minimum absolute atomic E-state index is 0.00103. The van der Waals surface area contributed by atoms with Crippen molar-refractivity contribution in [2.45, 2.75) is 25.5 Å². The van der Waals surface area contributed by atoms with Gasteiger partial charge in [-0.15, -0.1) is 0 Å². The number of imidazole rings is 1. The van der Waals surface area contributed by atoms with E-state index >= 15 is 0 Å². The fourth-order valence-electron chi connectivity index (χ4n) is 3.62. The zero-order valence-electron chi connectivity index (χ0n) is 15.9. The van der Waals surface area contributed by atoms with Crippen molar-refractivity contribution < 1.29 is 4.74 Å². The van der Waals surface area contributed by atoms with Crippen LogP contribution in [0.5, 0.6) is 0 Å². The lowest BCUT2D eigenvalue weighted by atomic mass is 9.93. The summed E-state index contributed by atoms with van der Waals surface area (Å²) < 4.78 is 7.88. The Balaban J connectivity index is 1.63. The molecule has 140 valence electrons. The van der Waals surface area contributed by atoms with Gasteiger partial charge in [0, 0.05) is 46.2 Å². The van der Waals surface area contributed by atoms with Crippen LogP contribution in [0.4, 0.5) is 0 Å². The topological polar surface area (TPSA) is 54.7 Å². The zero-order chi connectivity index (χ0) is 18.4. The van der Waals surface area contributed by atoms with Gasteiger partial charge in [0.2, 0.25) is 0 Å². The van der Waals surface area contributed by atoms with Crippen molar-refractivity contribution in [3.63, 3.8) is 0 Å². The second-order valence-electron chi connectivity index (χ2n) is 6.85. The third-order valence-electron chi connectivity index (χ3n) is 5.24. The summed E-state index contributed by atoms with van der Waals surface area (Å²) in [6.45, 7) is 4.94. The molecular formula is C20H29N5O. The predicted molar refractivity (Wildman–Crippen MR) is 104 cm³/mol. The molecule has 2 aromatic rings. The fourth-order valence-corrected chi connectivity index (χ4v) is 3.62. The van der Waals surface area contributed by atoms with Crippen molar-refractivity contribution in [3.05, 3.63) is 54.6 Å². The monoisotopic (exact) mass is 355 g/mol. The second-order valence-corrected chi connectivity index (χ2v) is 6.85. The lowest BCUT2D eigenvalue weighted by Crippen LogP contribution is -2.49. The Labute approximate surface area is 155 Å². The molecule has 1 aromatic heterocycles. The molecule has 1 saturated heterocycles. The van der Waals surface area contributed by atoms with Crippen LogP contribution < -0.4 is 5.32 Å². The van der Waals surface area contributed by atoms with Crippen molar-refractivity contribution in [1.82, 2.24) is 19.8 Å². The number of nitrogens with zero attached hydrogens (tertiary/aromatic N) is 4. The summed E-state index contributed by atoms with van der Waals surface area (Å²) in [4.78, 5) is 11.0. The molecule has 1 aliphatic rings. The maximum absolute atomic E-state index is 5.67. The summed E-state index contributed by atoms with van der Waals surface area (Å²) in [6.07, 6.45) is 6.95. The highest BCUT2D eigenvalue weighted by atomic mass is 16.5. The summed E-state index contributed by atoms with van der Waals surface area (Å²) in [7, 11) is 3.59. The van der Waals surface area contributed by atoms with E-state index in [1.54, 1.807) is 7.11 Å². The number of ether oxygens (including phenoxy) is 1. The van der Waals surface area contributed by atoms with Gasteiger partial charge in [0.1, 0.15) is 0 Å². The molecular weight excluding hydrogens is 326 g/mol. The Morgan fingerprint density at radius 2 is 2.19 bits per heavy atom. The third kappa shape index (κ3) is 4.25. The van der Waals surface area contributed by atoms with Crippen molar-refractivity contribution in [3.8, 4) is 0 Å². The summed E-state index contributed by atoms with van der Waals surface area (Å²) in [6, 6.07) is 10.7. The number of hydrogen-bond acceptors (Lipinski definition) is 3. The molecule has 0 radical (unpaired) electrons. The standard InChI is InChI=1S/C20H29N5O/c1-16-9-11-24(14-18(16)25-12-10-22-15-25)20(21-2)23-13-19(26-3)17-7-5-4-6-8-17/h4-8,10,12,15-16,18-19H,9,11,13-14H2,1-3H3,(H,21,23). The molecule has 1 N–H and O–H groups in total. The highest BCUT2D eigenvalue weighted by Gasteiger charge is 2.29.